The van der Waals surface area contributed by atoms with Gasteiger partial charge in [-0.1, -0.05) is 12.1 Å². The highest BCUT2D eigenvalue weighted by Gasteiger charge is 2.31. The third-order valence-electron chi connectivity index (χ3n) is 3.45. The number of ether oxygens (including phenoxy) is 1. The molecule has 5 heteroatoms. The minimum Gasteiger partial charge on any atom is -0.370 e. The maximum Gasteiger partial charge on any atom is 0.238 e. The van der Waals surface area contributed by atoms with Gasteiger partial charge in [-0.05, 0) is 38.5 Å². The van der Waals surface area contributed by atoms with Crippen LogP contribution in [0.5, 0.6) is 0 Å². The highest BCUT2D eigenvalue weighted by atomic mass is 16.5. The Kier molecular flexibility index (Phi) is 4.98. The molecule has 1 unspecified atom stereocenters. The fraction of sp³-hybridized carbons (Fsp3) is 0.562. The summed E-state index contributed by atoms with van der Waals surface area (Å²) in [6.45, 7) is 8.53. The second-order valence-corrected chi connectivity index (χ2v) is 6.31. The van der Waals surface area contributed by atoms with Crippen LogP contribution in [0.4, 0.5) is 5.69 Å². The zero-order valence-electron chi connectivity index (χ0n) is 13.1. The van der Waals surface area contributed by atoms with E-state index >= 15 is 0 Å². The van der Waals surface area contributed by atoms with Gasteiger partial charge < -0.3 is 15.8 Å². The SMILES string of the molecule is CC1CN(CC(=O)Nc2cccc(CN)c2)CC(C)(C)O1. The van der Waals surface area contributed by atoms with Gasteiger partial charge in [-0.25, -0.2) is 0 Å². The molecule has 1 amide bonds. The molecule has 1 atom stereocenters. The standard InChI is InChI=1S/C16H25N3O2/c1-12-9-19(11-16(2,3)21-12)10-15(20)18-14-6-4-5-13(7-14)8-17/h4-7,12H,8-11,17H2,1-3H3,(H,18,20). The molecule has 2 rings (SSSR count). The van der Waals surface area contributed by atoms with Crippen molar-refractivity contribution in [2.75, 3.05) is 25.0 Å². The fourth-order valence-corrected chi connectivity index (χ4v) is 2.89. The molecule has 0 aliphatic carbocycles. The topological polar surface area (TPSA) is 67.6 Å². The Bertz CT molecular complexity index is 502. The van der Waals surface area contributed by atoms with E-state index in [9.17, 15) is 4.79 Å². The predicted molar refractivity (Wildman–Crippen MR) is 84.0 cm³/mol. The fourth-order valence-electron chi connectivity index (χ4n) is 2.89. The lowest BCUT2D eigenvalue weighted by atomic mass is 10.1. The summed E-state index contributed by atoms with van der Waals surface area (Å²) >= 11 is 0. The minimum absolute atomic E-state index is 0.00549. The lowest BCUT2D eigenvalue weighted by Crippen LogP contribution is -2.53. The molecule has 1 fully saturated rings. The van der Waals surface area contributed by atoms with Gasteiger partial charge >= 0.3 is 0 Å². The van der Waals surface area contributed by atoms with E-state index in [0.29, 0.717) is 13.1 Å². The quantitative estimate of drug-likeness (QED) is 0.884. The molecule has 0 spiro atoms. The largest absolute Gasteiger partial charge is 0.370 e. The number of carbonyl (C=O) groups excluding carboxylic acids is 1. The average Bonchev–Trinajstić information content (AvgIpc) is 2.36. The number of anilines is 1. The van der Waals surface area contributed by atoms with E-state index in [2.05, 4.69) is 24.1 Å². The molecule has 5 nitrogen and oxygen atoms in total. The first kappa shape index (κ1) is 15.9. The van der Waals surface area contributed by atoms with Crippen LogP contribution in [0.1, 0.15) is 26.3 Å². The van der Waals surface area contributed by atoms with Gasteiger partial charge in [0.05, 0.1) is 18.2 Å². The number of nitrogens with one attached hydrogen (secondary N) is 1. The van der Waals surface area contributed by atoms with Crippen LogP contribution < -0.4 is 11.1 Å². The first-order chi connectivity index (χ1) is 9.88. The summed E-state index contributed by atoms with van der Waals surface area (Å²) < 4.78 is 5.85. The van der Waals surface area contributed by atoms with Crippen molar-refractivity contribution in [3.63, 3.8) is 0 Å². The van der Waals surface area contributed by atoms with Gasteiger partial charge in [0, 0.05) is 25.3 Å². The Balaban J connectivity index is 1.92. The van der Waals surface area contributed by atoms with Crippen LogP contribution in [0.15, 0.2) is 24.3 Å². The van der Waals surface area contributed by atoms with Gasteiger partial charge in [-0.2, -0.15) is 0 Å². The number of hydrogen-bond donors (Lipinski definition) is 2. The summed E-state index contributed by atoms with van der Waals surface area (Å²) in [5.41, 5.74) is 7.20. The van der Waals surface area contributed by atoms with Crippen LogP contribution in [-0.4, -0.2) is 42.1 Å². The average molecular weight is 291 g/mol. The lowest BCUT2D eigenvalue weighted by Gasteiger charge is -2.41. The number of benzene rings is 1. The summed E-state index contributed by atoms with van der Waals surface area (Å²) in [5, 5.41) is 2.93. The Hall–Kier alpha value is -1.43. The van der Waals surface area contributed by atoms with Crippen molar-refractivity contribution in [1.29, 1.82) is 0 Å². The van der Waals surface area contributed by atoms with Crippen molar-refractivity contribution >= 4 is 11.6 Å². The van der Waals surface area contributed by atoms with Gasteiger partial charge in [-0.15, -0.1) is 0 Å². The van der Waals surface area contributed by atoms with E-state index in [-0.39, 0.29) is 17.6 Å². The van der Waals surface area contributed by atoms with Gasteiger partial charge in [0.25, 0.3) is 0 Å². The normalized spacial score (nSPS) is 22.0. The number of morpholine rings is 1. The highest BCUT2D eigenvalue weighted by Crippen LogP contribution is 2.20. The van der Waals surface area contributed by atoms with E-state index in [0.717, 1.165) is 24.3 Å². The van der Waals surface area contributed by atoms with Crippen molar-refractivity contribution in [3.05, 3.63) is 29.8 Å². The molecule has 0 bridgehead atoms. The molecule has 3 N–H and O–H groups in total. The molecule has 1 aromatic carbocycles. The van der Waals surface area contributed by atoms with E-state index in [1.54, 1.807) is 0 Å². The van der Waals surface area contributed by atoms with Gasteiger partial charge in [0.1, 0.15) is 0 Å². The van der Waals surface area contributed by atoms with E-state index in [1.165, 1.54) is 0 Å². The Morgan fingerprint density at radius 1 is 1.52 bits per heavy atom. The number of amides is 1. The molecule has 0 aromatic heterocycles. The zero-order valence-corrected chi connectivity index (χ0v) is 13.1. The highest BCUT2D eigenvalue weighted by molar-refractivity contribution is 5.92. The lowest BCUT2D eigenvalue weighted by molar-refractivity contribution is -0.136. The molecule has 21 heavy (non-hydrogen) atoms. The number of hydrogen-bond acceptors (Lipinski definition) is 4. The summed E-state index contributed by atoms with van der Waals surface area (Å²) in [6, 6.07) is 7.63. The smallest absolute Gasteiger partial charge is 0.238 e. The maximum atomic E-state index is 12.2. The summed E-state index contributed by atoms with van der Waals surface area (Å²) in [5.74, 6) is -0.00549. The molecular weight excluding hydrogens is 266 g/mol. The van der Waals surface area contributed by atoms with Crippen molar-refractivity contribution in [1.82, 2.24) is 4.90 Å². The Morgan fingerprint density at radius 3 is 2.95 bits per heavy atom. The van der Waals surface area contributed by atoms with Crippen LogP contribution in [0.2, 0.25) is 0 Å². The second kappa shape index (κ2) is 6.56. The zero-order chi connectivity index (χ0) is 15.5. The molecule has 1 aliphatic rings. The van der Waals surface area contributed by atoms with Crippen LogP contribution in [0.3, 0.4) is 0 Å². The Morgan fingerprint density at radius 2 is 2.29 bits per heavy atom. The maximum absolute atomic E-state index is 12.2. The predicted octanol–water partition coefficient (Wildman–Crippen LogP) is 1.58. The van der Waals surface area contributed by atoms with Crippen molar-refractivity contribution < 1.29 is 9.53 Å². The summed E-state index contributed by atoms with van der Waals surface area (Å²) in [7, 11) is 0. The molecule has 1 aliphatic heterocycles. The number of rotatable bonds is 4. The van der Waals surface area contributed by atoms with Gasteiger partial charge in [0.2, 0.25) is 5.91 Å². The third-order valence-corrected chi connectivity index (χ3v) is 3.45. The first-order valence-electron chi connectivity index (χ1n) is 7.37. The summed E-state index contributed by atoms with van der Waals surface area (Å²) in [6.07, 6.45) is 0.141. The molecule has 0 radical (unpaired) electrons. The minimum atomic E-state index is -0.211. The van der Waals surface area contributed by atoms with Gasteiger partial charge in [0.15, 0.2) is 0 Å². The monoisotopic (exact) mass is 291 g/mol. The molecular formula is C16H25N3O2. The molecule has 1 heterocycles. The molecule has 0 saturated carbocycles. The van der Waals surface area contributed by atoms with Crippen LogP contribution in [0, 0.1) is 0 Å². The second-order valence-electron chi connectivity index (χ2n) is 6.31. The number of carbonyl (C=O) groups is 1. The number of nitrogens with zero attached hydrogens (tertiary/aromatic N) is 1. The van der Waals surface area contributed by atoms with Gasteiger partial charge in [-0.3, -0.25) is 9.69 Å². The van der Waals surface area contributed by atoms with Crippen LogP contribution in [-0.2, 0) is 16.1 Å². The first-order valence-corrected chi connectivity index (χ1v) is 7.37. The van der Waals surface area contributed by atoms with E-state index in [1.807, 2.05) is 31.2 Å². The van der Waals surface area contributed by atoms with Crippen molar-refractivity contribution in [2.24, 2.45) is 5.73 Å². The molecule has 1 saturated heterocycles. The molecule has 116 valence electrons. The van der Waals surface area contributed by atoms with E-state index in [4.69, 9.17) is 10.5 Å². The molecule has 1 aromatic rings. The van der Waals surface area contributed by atoms with Crippen molar-refractivity contribution in [2.45, 2.75) is 39.0 Å². The van der Waals surface area contributed by atoms with Crippen LogP contribution >= 0.6 is 0 Å². The summed E-state index contributed by atoms with van der Waals surface area (Å²) in [4.78, 5) is 14.3. The number of nitrogens with two attached hydrogens (primary N) is 1. The van der Waals surface area contributed by atoms with Crippen LogP contribution in [0.25, 0.3) is 0 Å². The Labute approximate surface area is 126 Å². The third kappa shape index (κ3) is 4.81. The van der Waals surface area contributed by atoms with Crippen molar-refractivity contribution in [3.8, 4) is 0 Å². The van der Waals surface area contributed by atoms with E-state index < -0.39 is 0 Å².